The van der Waals surface area contributed by atoms with Crippen molar-refractivity contribution in [3.05, 3.63) is 59.1 Å². The summed E-state index contributed by atoms with van der Waals surface area (Å²) in [5, 5.41) is 3.12. The molecule has 0 aliphatic heterocycles. The first-order valence-electron chi connectivity index (χ1n) is 7.87. The maximum Gasteiger partial charge on any atom is 0.306 e. The van der Waals surface area contributed by atoms with Crippen LogP contribution in [0.1, 0.15) is 18.9 Å². The van der Waals surface area contributed by atoms with Crippen LogP contribution < -0.4 is 10.1 Å². The second kappa shape index (κ2) is 9.08. The number of esters is 1. The first-order valence-corrected chi connectivity index (χ1v) is 8.25. The van der Waals surface area contributed by atoms with Crippen LogP contribution in [0.5, 0.6) is 5.75 Å². The van der Waals surface area contributed by atoms with Gasteiger partial charge in [0.05, 0.1) is 12.8 Å². The molecule has 132 valence electrons. The summed E-state index contributed by atoms with van der Waals surface area (Å²) < 4.78 is 10.4. The molecule has 0 bridgehead atoms. The highest BCUT2D eigenvalue weighted by Crippen LogP contribution is 2.27. The van der Waals surface area contributed by atoms with Gasteiger partial charge in [0.15, 0.2) is 6.10 Å². The van der Waals surface area contributed by atoms with E-state index in [0.717, 1.165) is 5.56 Å². The fourth-order valence-electron chi connectivity index (χ4n) is 2.21. The van der Waals surface area contributed by atoms with Gasteiger partial charge in [-0.1, -0.05) is 41.9 Å². The third-order valence-corrected chi connectivity index (χ3v) is 3.79. The van der Waals surface area contributed by atoms with Crippen molar-refractivity contribution in [2.75, 3.05) is 12.4 Å². The van der Waals surface area contributed by atoms with E-state index in [2.05, 4.69) is 5.32 Å². The number of hydrogen-bond acceptors (Lipinski definition) is 4. The number of hydrogen-bond donors (Lipinski definition) is 1. The Kier molecular flexibility index (Phi) is 6.83. The van der Waals surface area contributed by atoms with Crippen molar-refractivity contribution >= 4 is 29.2 Å². The van der Waals surface area contributed by atoms with E-state index in [4.69, 9.17) is 21.1 Å². The lowest BCUT2D eigenvalue weighted by Gasteiger charge is -2.15. The van der Waals surface area contributed by atoms with E-state index in [0.29, 0.717) is 22.9 Å². The van der Waals surface area contributed by atoms with E-state index >= 15 is 0 Å². The molecule has 25 heavy (non-hydrogen) atoms. The molecule has 0 saturated heterocycles. The third kappa shape index (κ3) is 5.80. The predicted octanol–water partition coefficient (Wildman–Crippen LogP) is 3.85. The summed E-state index contributed by atoms with van der Waals surface area (Å²) in [6, 6.07) is 14.5. The largest absolute Gasteiger partial charge is 0.495 e. The summed E-state index contributed by atoms with van der Waals surface area (Å²) in [6.07, 6.45) is -0.148. The minimum Gasteiger partial charge on any atom is -0.495 e. The second-order valence-electron chi connectivity index (χ2n) is 5.45. The molecule has 2 aromatic rings. The topological polar surface area (TPSA) is 64.6 Å². The molecule has 6 heteroatoms. The van der Waals surface area contributed by atoms with Gasteiger partial charge in [-0.3, -0.25) is 9.59 Å². The maximum absolute atomic E-state index is 12.2. The predicted molar refractivity (Wildman–Crippen MR) is 97.0 cm³/mol. The fourth-order valence-corrected chi connectivity index (χ4v) is 2.39. The Morgan fingerprint density at radius 1 is 1.16 bits per heavy atom. The van der Waals surface area contributed by atoms with Crippen LogP contribution in [0.15, 0.2) is 48.5 Å². The van der Waals surface area contributed by atoms with Crippen molar-refractivity contribution < 1.29 is 19.1 Å². The van der Waals surface area contributed by atoms with Crippen LogP contribution in [0.25, 0.3) is 0 Å². The number of amides is 1. The van der Waals surface area contributed by atoms with E-state index < -0.39 is 18.0 Å². The minimum absolute atomic E-state index is 0.210. The molecule has 0 aliphatic carbocycles. The van der Waals surface area contributed by atoms with E-state index in [-0.39, 0.29) is 6.42 Å². The van der Waals surface area contributed by atoms with E-state index in [1.807, 2.05) is 30.3 Å². The zero-order valence-electron chi connectivity index (χ0n) is 14.1. The Hall–Kier alpha value is -2.53. The van der Waals surface area contributed by atoms with Crippen molar-refractivity contribution in [3.63, 3.8) is 0 Å². The molecule has 5 nitrogen and oxygen atoms in total. The molecule has 0 heterocycles. The van der Waals surface area contributed by atoms with Crippen molar-refractivity contribution in [3.8, 4) is 5.75 Å². The number of rotatable bonds is 7. The van der Waals surface area contributed by atoms with Gasteiger partial charge < -0.3 is 14.8 Å². The number of carbonyl (C=O) groups excluding carboxylic acids is 2. The molecule has 2 aromatic carbocycles. The Labute approximate surface area is 151 Å². The highest BCUT2D eigenvalue weighted by Gasteiger charge is 2.19. The van der Waals surface area contributed by atoms with Gasteiger partial charge in [-0.25, -0.2) is 0 Å². The minimum atomic E-state index is -0.924. The first kappa shape index (κ1) is 18.8. The van der Waals surface area contributed by atoms with Crippen LogP contribution in [0.4, 0.5) is 5.69 Å². The molecular weight excluding hydrogens is 342 g/mol. The molecule has 0 radical (unpaired) electrons. The summed E-state index contributed by atoms with van der Waals surface area (Å²) in [7, 11) is 1.49. The van der Waals surface area contributed by atoms with Crippen LogP contribution in [0.3, 0.4) is 0 Å². The van der Waals surface area contributed by atoms with Crippen molar-refractivity contribution in [1.29, 1.82) is 0 Å². The molecule has 1 N–H and O–H groups in total. The van der Waals surface area contributed by atoms with Gasteiger partial charge in [0.1, 0.15) is 5.75 Å². The Balaban J connectivity index is 1.87. The number of methoxy groups -OCH3 is 1. The van der Waals surface area contributed by atoms with Crippen LogP contribution in [0, 0.1) is 0 Å². The normalized spacial score (nSPS) is 11.5. The first-order chi connectivity index (χ1) is 12.0. The Morgan fingerprint density at radius 2 is 1.88 bits per heavy atom. The van der Waals surface area contributed by atoms with Crippen molar-refractivity contribution in [2.24, 2.45) is 0 Å². The highest BCUT2D eigenvalue weighted by atomic mass is 35.5. The summed E-state index contributed by atoms with van der Waals surface area (Å²) in [4.78, 5) is 24.1. The molecule has 0 spiro atoms. The summed E-state index contributed by atoms with van der Waals surface area (Å²) in [5.41, 5.74) is 1.47. The second-order valence-corrected chi connectivity index (χ2v) is 5.89. The Bertz CT molecular complexity index is 733. The summed E-state index contributed by atoms with van der Waals surface area (Å²) in [5.74, 6) is -0.404. The number of carbonyl (C=O) groups is 2. The molecule has 2 rings (SSSR count). The van der Waals surface area contributed by atoms with Gasteiger partial charge in [0.25, 0.3) is 5.91 Å². The number of ether oxygens (including phenoxy) is 2. The molecule has 0 aromatic heterocycles. The number of anilines is 1. The average molecular weight is 362 g/mol. The Morgan fingerprint density at radius 3 is 2.56 bits per heavy atom. The molecule has 0 fully saturated rings. The highest BCUT2D eigenvalue weighted by molar-refractivity contribution is 6.31. The van der Waals surface area contributed by atoms with Gasteiger partial charge in [0.2, 0.25) is 0 Å². The van der Waals surface area contributed by atoms with Crippen molar-refractivity contribution in [1.82, 2.24) is 0 Å². The lowest BCUT2D eigenvalue weighted by Crippen LogP contribution is -2.30. The quantitative estimate of drug-likeness (QED) is 0.761. The number of aryl methyl sites for hydroxylation is 1. The SMILES string of the molecule is COc1ccc(Cl)cc1NC(=O)[C@H](C)OC(=O)CCc1ccccc1. The molecule has 0 aliphatic rings. The van der Waals surface area contributed by atoms with E-state index in [9.17, 15) is 9.59 Å². The smallest absolute Gasteiger partial charge is 0.306 e. The molecular formula is C19H20ClNO4. The molecule has 1 atom stereocenters. The molecule has 1 amide bonds. The van der Waals surface area contributed by atoms with Crippen molar-refractivity contribution in [2.45, 2.75) is 25.9 Å². The maximum atomic E-state index is 12.2. The summed E-state index contributed by atoms with van der Waals surface area (Å²) >= 11 is 5.93. The van der Waals surface area contributed by atoms with Gasteiger partial charge in [-0.05, 0) is 37.1 Å². The van der Waals surface area contributed by atoms with E-state index in [1.54, 1.807) is 18.2 Å². The van der Waals surface area contributed by atoms with Gasteiger partial charge >= 0.3 is 5.97 Å². The zero-order chi connectivity index (χ0) is 18.2. The zero-order valence-corrected chi connectivity index (χ0v) is 14.9. The lowest BCUT2D eigenvalue weighted by molar-refractivity contribution is -0.153. The van der Waals surface area contributed by atoms with Crippen LogP contribution >= 0.6 is 11.6 Å². The average Bonchev–Trinajstić information content (AvgIpc) is 2.61. The van der Waals surface area contributed by atoms with Crippen LogP contribution in [0.2, 0.25) is 5.02 Å². The van der Waals surface area contributed by atoms with Gasteiger partial charge in [-0.15, -0.1) is 0 Å². The standard InChI is InChI=1S/C19H20ClNO4/c1-13(25-18(22)11-8-14-6-4-3-5-7-14)19(23)21-16-12-15(20)9-10-17(16)24-2/h3-7,9-10,12-13H,8,11H2,1-2H3,(H,21,23)/t13-/m0/s1. The fraction of sp³-hybridized carbons (Fsp3) is 0.263. The van der Waals surface area contributed by atoms with Gasteiger partial charge in [-0.2, -0.15) is 0 Å². The number of nitrogens with one attached hydrogen (secondary N) is 1. The number of benzene rings is 2. The summed E-state index contributed by atoms with van der Waals surface area (Å²) in [6.45, 7) is 1.52. The molecule has 0 unspecified atom stereocenters. The van der Waals surface area contributed by atoms with Gasteiger partial charge in [0, 0.05) is 11.4 Å². The van der Waals surface area contributed by atoms with Crippen LogP contribution in [-0.4, -0.2) is 25.1 Å². The van der Waals surface area contributed by atoms with Crippen LogP contribution in [-0.2, 0) is 20.7 Å². The third-order valence-electron chi connectivity index (χ3n) is 3.56. The lowest BCUT2D eigenvalue weighted by atomic mass is 10.1. The monoisotopic (exact) mass is 361 g/mol. The number of halogens is 1. The van der Waals surface area contributed by atoms with E-state index in [1.165, 1.54) is 14.0 Å². The molecule has 0 saturated carbocycles.